The quantitative estimate of drug-likeness (QED) is 0.640. The Labute approximate surface area is 134 Å². The molecule has 1 aromatic carbocycles. The van der Waals surface area contributed by atoms with Gasteiger partial charge in [0, 0.05) is 41.9 Å². The zero-order valence-corrected chi connectivity index (χ0v) is 13.4. The second-order valence-electron chi connectivity index (χ2n) is 4.34. The van der Waals surface area contributed by atoms with Gasteiger partial charge in [-0.2, -0.15) is 0 Å². The summed E-state index contributed by atoms with van der Waals surface area (Å²) < 4.78 is 5.16. The predicted octanol–water partition coefficient (Wildman–Crippen LogP) is 2.75. The molecule has 1 atom stereocenters. The molecule has 0 spiro atoms. The van der Waals surface area contributed by atoms with Gasteiger partial charge in [0.2, 0.25) is 0 Å². The van der Waals surface area contributed by atoms with Gasteiger partial charge in [0.1, 0.15) is 0 Å². The van der Waals surface area contributed by atoms with Crippen LogP contribution in [0.25, 0.3) is 0 Å². The first-order chi connectivity index (χ1) is 10.1. The molecule has 0 bridgehead atoms. The van der Waals surface area contributed by atoms with Gasteiger partial charge in [-0.3, -0.25) is 0 Å². The summed E-state index contributed by atoms with van der Waals surface area (Å²) >= 11 is 12.0. The third kappa shape index (κ3) is 6.52. The van der Waals surface area contributed by atoms with Crippen LogP contribution < -0.4 is 10.6 Å². The average Bonchev–Trinajstić information content (AvgIpc) is 2.44. The number of urea groups is 1. The fourth-order valence-electron chi connectivity index (χ4n) is 1.70. The lowest BCUT2D eigenvalue weighted by atomic mass is 10.1. The number of aliphatic hydroxyl groups is 1. The molecule has 1 aromatic rings. The zero-order chi connectivity index (χ0) is 15.7. The maximum atomic E-state index is 11.5. The fraction of sp³-hybridized carbons (Fsp3) is 0.500. The number of hydrogen-bond acceptors (Lipinski definition) is 3. The number of ether oxygens (including phenoxy) is 1. The number of amides is 2. The maximum absolute atomic E-state index is 11.5. The van der Waals surface area contributed by atoms with E-state index in [2.05, 4.69) is 10.6 Å². The highest BCUT2D eigenvalue weighted by Gasteiger charge is 2.16. The van der Waals surface area contributed by atoms with Gasteiger partial charge < -0.3 is 20.5 Å². The topological polar surface area (TPSA) is 70.6 Å². The molecule has 5 nitrogen and oxygen atoms in total. The van der Waals surface area contributed by atoms with Crippen molar-refractivity contribution < 1.29 is 14.6 Å². The van der Waals surface area contributed by atoms with E-state index in [-0.39, 0.29) is 12.6 Å². The summed E-state index contributed by atoms with van der Waals surface area (Å²) in [6, 6.07) is 4.62. The van der Waals surface area contributed by atoms with Crippen LogP contribution in [0.1, 0.15) is 25.0 Å². The first kappa shape index (κ1) is 18.0. The molecule has 0 fully saturated rings. The van der Waals surface area contributed by atoms with E-state index in [0.29, 0.717) is 35.4 Å². The molecule has 118 valence electrons. The van der Waals surface area contributed by atoms with E-state index >= 15 is 0 Å². The molecule has 2 amide bonds. The first-order valence-corrected chi connectivity index (χ1v) is 7.53. The van der Waals surface area contributed by atoms with Crippen molar-refractivity contribution in [1.82, 2.24) is 10.6 Å². The molecule has 0 saturated heterocycles. The third-order valence-electron chi connectivity index (χ3n) is 2.74. The molecule has 7 heteroatoms. The lowest BCUT2D eigenvalue weighted by molar-refractivity contribution is 0.144. The average molecular weight is 335 g/mol. The molecule has 0 aliphatic heterocycles. The number of benzene rings is 1. The summed E-state index contributed by atoms with van der Waals surface area (Å²) in [5.74, 6) is 0. The molecule has 0 aromatic heterocycles. The molecule has 0 heterocycles. The van der Waals surface area contributed by atoms with Crippen molar-refractivity contribution >= 4 is 29.2 Å². The van der Waals surface area contributed by atoms with Crippen LogP contribution in [0.3, 0.4) is 0 Å². The van der Waals surface area contributed by atoms with Crippen LogP contribution in [0.4, 0.5) is 4.79 Å². The second kappa shape index (κ2) is 9.84. The van der Waals surface area contributed by atoms with Crippen LogP contribution in [0, 0.1) is 0 Å². The number of hydrogen-bond donors (Lipinski definition) is 3. The number of halogens is 2. The van der Waals surface area contributed by atoms with Crippen LogP contribution >= 0.6 is 23.2 Å². The molecular weight excluding hydrogens is 315 g/mol. The van der Waals surface area contributed by atoms with Crippen molar-refractivity contribution in [2.24, 2.45) is 0 Å². The minimum atomic E-state index is -0.958. The van der Waals surface area contributed by atoms with Crippen molar-refractivity contribution in [3.05, 3.63) is 33.8 Å². The fourth-order valence-corrected chi connectivity index (χ4v) is 2.35. The summed E-state index contributed by atoms with van der Waals surface area (Å²) in [6.07, 6.45) is -0.222. The van der Waals surface area contributed by atoms with Crippen LogP contribution in [0.5, 0.6) is 0 Å². The number of nitrogens with one attached hydrogen (secondary N) is 2. The van der Waals surface area contributed by atoms with E-state index in [1.54, 1.807) is 18.2 Å². The van der Waals surface area contributed by atoms with Gasteiger partial charge in [-0.15, -0.1) is 0 Å². The SMILES string of the molecule is CCOCCCNC(=O)NCC(O)c1c(Cl)cccc1Cl. The molecular formula is C14H20Cl2N2O3. The highest BCUT2D eigenvalue weighted by molar-refractivity contribution is 6.36. The molecule has 0 aliphatic rings. The highest BCUT2D eigenvalue weighted by atomic mass is 35.5. The maximum Gasteiger partial charge on any atom is 0.314 e. The monoisotopic (exact) mass is 334 g/mol. The Morgan fingerprint density at radius 1 is 1.33 bits per heavy atom. The lowest BCUT2D eigenvalue weighted by Gasteiger charge is -2.15. The Morgan fingerprint density at radius 3 is 2.62 bits per heavy atom. The van der Waals surface area contributed by atoms with Gasteiger partial charge in [0.25, 0.3) is 0 Å². The molecule has 3 N–H and O–H groups in total. The Morgan fingerprint density at radius 2 is 2.00 bits per heavy atom. The normalized spacial score (nSPS) is 12.0. The Bertz CT molecular complexity index is 438. The molecule has 0 aliphatic carbocycles. The van der Waals surface area contributed by atoms with Gasteiger partial charge in [0.15, 0.2) is 0 Å². The second-order valence-corrected chi connectivity index (χ2v) is 5.15. The minimum absolute atomic E-state index is 0.0285. The highest BCUT2D eigenvalue weighted by Crippen LogP contribution is 2.29. The van der Waals surface area contributed by atoms with Crippen molar-refractivity contribution in [2.45, 2.75) is 19.4 Å². The smallest absolute Gasteiger partial charge is 0.314 e. The van der Waals surface area contributed by atoms with E-state index in [1.165, 1.54) is 0 Å². The van der Waals surface area contributed by atoms with Crippen LogP contribution in [-0.2, 0) is 4.74 Å². The molecule has 1 rings (SSSR count). The van der Waals surface area contributed by atoms with Gasteiger partial charge in [0.05, 0.1) is 6.10 Å². The van der Waals surface area contributed by atoms with E-state index in [1.807, 2.05) is 6.92 Å². The summed E-state index contributed by atoms with van der Waals surface area (Å²) in [5, 5.41) is 16.0. The Kier molecular flexibility index (Phi) is 8.45. The summed E-state index contributed by atoms with van der Waals surface area (Å²) in [6.45, 7) is 3.72. The number of rotatable bonds is 8. The Hall–Kier alpha value is -1.01. The van der Waals surface area contributed by atoms with Crippen molar-refractivity contribution in [3.8, 4) is 0 Å². The van der Waals surface area contributed by atoms with Crippen molar-refractivity contribution in [3.63, 3.8) is 0 Å². The van der Waals surface area contributed by atoms with Crippen LogP contribution in [0.15, 0.2) is 18.2 Å². The predicted molar refractivity (Wildman–Crippen MR) is 83.9 cm³/mol. The molecule has 1 unspecified atom stereocenters. The Balaban J connectivity index is 2.32. The van der Waals surface area contributed by atoms with Gasteiger partial charge in [-0.05, 0) is 25.5 Å². The lowest BCUT2D eigenvalue weighted by Crippen LogP contribution is -2.38. The first-order valence-electron chi connectivity index (χ1n) is 6.77. The standard InChI is InChI=1S/C14H20Cl2N2O3/c1-2-21-8-4-7-17-14(20)18-9-12(19)13-10(15)5-3-6-11(13)16/h3,5-6,12,19H,2,4,7-9H2,1H3,(H2,17,18,20). The zero-order valence-electron chi connectivity index (χ0n) is 11.9. The van der Waals surface area contributed by atoms with Crippen LogP contribution in [-0.4, -0.2) is 37.4 Å². The van der Waals surface area contributed by atoms with E-state index in [4.69, 9.17) is 27.9 Å². The largest absolute Gasteiger partial charge is 0.386 e. The molecule has 0 radical (unpaired) electrons. The van der Waals surface area contributed by atoms with E-state index < -0.39 is 6.10 Å². The van der Waals surface area contributed by atoms with E-state index in [9.17, 15) is 9.90 Å². The number of aliphatic hydroxyl groups excluding tert-OH is 1. The minimum Gasteiger partial charge on any atom is -0.386 e. The summed E-state index contributed by atoms with van der Waals surface area (Å²) in [7, 11) is 0. The van der Waals surface area contributed by atoms with Gasteiger partial charge in [-0.1, -0.05) is 29.3 Å². The van der Waals surface area contributed by atoms with Crippen LogP contribution in [0.2, 0.25) is 10.0 Å². The van der Waals surface area contributed by atoms with Gasteiger partial charge in [-0.25, -0.2) is 4.79 Å². The van der Waals surface area contributed by atoms with Crippen molar-refractivity contribution in [2.75, 3.05) is 26.3 Å². The van der Waals surface area contributed by atoms with Crippen molar-refractivity contribution in [1.29, 1.82) is 0 Å². The van der Waals surface area contributed by atoms with Gasteiger partial charge >= 0.3 is 6.03 Å². The van der Waals surface area contributed by atoms with E-state index in [0.717, 1.165) is 6.42 Å². The number of carbonyl (C=O) groups is 1. The molecule has 21 heavy (non-hydrogen) atoms. The third-order valence-corrected chi connectivity index (χ3v) is 3.40. The summed E-state index contributed by atoms with van der Waals surface area (Å²) in [4.78, 5) is 11.5. The summed E-state index contributed by atoms with van der Waals surface area (Å²) in [5.41, 5.74) is 0.414. The molecule has 0 saturated carbocycles. The number of carbonyl (C=O) groups excluding carboxylic acids is 1.